The lowest BCUT2D eigenvalue weighted by atomic mass is 10.4. The van der Waals surface area contributed by atoms with E-state index in [2.05, 4.69) is 20.5 Å². The van der Waals surface area contributed by atoms with Gasteiger partial charge in [0.2, 0.25) is 5.82 Å². The second-order valence-corrected chi connectivity index (χ2v) is 2.45. The Morgan fingerprint density at radius 2 is 2.62 bits per heavy atom. The third-order valence-electron chi connectivity index (χ3n) is 1.46. The molecule has 5 heteroatoms. The number of hydrogen-bond donors (Lipinski definition) is 2. The van der Waals surface area contributed by atoms with Gasteiger partial charge in [0.05, 0.1) is 0 Å². The molecule has 1 aromatic rings. The van der Waals surface area contributed by atoms with E-state index in [0.717, 1.165) is 6.42 Å². The van der Waals surface area contributed by atoms with Crippen LogP contribution in [0.2, 0.25) is 0 Å². The highest BCUT2D eigenvalue weighted by Crippen LogP contribution is 1.86. The van der Waals surface area contributed by atoms with Crippen LogP contribution in [0.4, 0.5) is 0 Å². The molecule has 0 fully saturated rings. The SMILES string of the molecule is C/C=C/CCNC(=O)c1ncn[nH]1. The molecule has 0 bridgehead atoms. The summed E-state index contributed by atoms with van der Waals surface area (Å²) in [4.78, 5) is 14.9. The van der Waals surface area contributed by atoms with E-state index in [9.17, 15) is 4.79 Å². The number of aromatic amines is 1. The van der Waals surface area contributed by atoms with Gasteiger partial charge in [-0.2, -0.15) is 5.10 Å². The highest BCUT2D eigenvalue weighted by Gasteiger charge is 2.05. The average molecular weight is 180 g/mol. The summed E-state index contributed by atoms with van der Waals surface area (Å²) in [6, 6.07) is 0. The summed E-state index contributed by atoms with van der Waals surface area (Å²) in [5, 5.41) is 8.76. The first kappa shape index (κ1) is 9.44. The summed E-state index contributed by atoms with van der Waals surface area (Å²) in [6.07, 6.45) is 6.07. The molecule has 0 aromatic carbocycles. The Morgan fingerprint density at radius 1 is 1.77 bits per heavy atom. The standard InChI is InChI=1S/C8H12N4O/c1-2-3-4-5-9-8(13)7-10-6-11-12-7/h2-3,6H,4-5H2,1H3,(H,9,13)(H,10,11,12)/b3-2+. The van der Waals surface area contributed by atoms with E-state index >= 15 is 0 Å². The molecule has 5 nitrogen and oxygen atoms in total. The number of allylic oxidation sites excluding steroid dienone is 1. The van der Waals surface area contributed by atoms with Gasteiger partial charge in [0.15, 0.2) is 0 Å². The van der Waals surface area contributed by atoms with Crippen molar-refractivity contribution in [2.45, 2.75) is 13.3 Å². The van der Waals surface area contributed by atoms with Crippen LogP contribution in [-0.2, 0) is 0 Å². The Labute approximate surface area is 76.3 Å². The quantitative estimate of drug-likeness (QED) is 0.523. The maximum absolute atomic E-state index is 11.2. The number of carbonyl (C=O) groups is 1. The molecule has 13 heavy (non-hydrogen) atoms. The topological polar surface area (TPSA) is 70.7 Å². The number of nitrogens with zero attached hydrogens (tertiary/aromatic N) is 2. The van der Waals surface area contributed by atoms with Crippen LogP contribution in [-0.4, -0.2) is 27.6 Å². The van der Waals surface area contributed by atoms with Crippen molar-refractivity contribution in [3.05, 3.63) is 24.3 Å². The summed E-state index contributed by atoms with van der Waals surface area (Å²) in [5.41, 5.74) is 0. The molecule has 0 saturated heterocycles. The van der Waals surface area contributed by atoms with Gasteiger partial charge in [-0.25, -0.2) is 4.98 Å². The van der Waals surface area contributed by atoms with Crippen LogP contribution in [0.5, 0.6) is 0 Å². The molecular weight excluding hydrogens is 168 g/mol. The van der Waals surface area contributed by atoms with Crippen LogP contribution in [0.1, 0.15) is 24.0 Å². The lowest BCUT2D eigenvalue weighted by Crippen LogP contribution is -2.25. The third kappa shape index (κ3) is 3.06. The Hall–Kier alpha value is -1.65. The van der Waals surface area contributed by atoms with Crippen molar-refractivity contribution >= 4 is 5.91 Å². The molecule has 0 aliphatic rings. The fraction of sp³-hybridized carbons (Fsp3) is 0.375. The first-order valence-electron chi connectivity index (χ1n) is 4.09. The minimum atomic E-state index is -0.220. The highest BCUT2D eigenvalue weighted by atomic mass is 16.2. The normalized spacial score (nSPS) is 10.5. The number of carbonyl (C=O) groups excluding carboxylic acids is 1. The Balaban J connectivity index is 2.27. The molecule has 1 amide bonds. The van der Waals surface area contributed by atoms with Gasteiger partial charge in [-0.05, 0) is 13.3 Å². The third-order valence-corrected chi connectivity index (χ3v) is 1.46. The minimum absolute atomic E-state index is 0.220. The highest BCUT2D eigenvalue weighted by molar-refractivity contribution is 5.90. The first-order valence-corrected chi connectivity index (χ1v) is 4.09. The van der Waals surface area contributed by atoms with Crippen molar-refractivity contribution in [1.29, 1.82) is 0 Å². The first-order chi connectivity index (χ1) is 6.34. The second kappa shape index (κ2) is 5.08. The minimum Gasteiger partial charge on any atom is -0.349 e. The summed E-state index contributed by atoms with van der Waals surface area (Å²) < 4.78 is 0. The van der Waals surface area contributed by atoms with E-state index in [1.54, 1.807) is 0 Å². The van der Waals surface area contributed by atoms with E-state index in [1.807, 2.05) is 19.1 Å². The molecule has 0 aliphatic carbocycles. The van der Waals surface area contributed by atoms with Crippen molar-refractivity contribution in [2.75, 3.05) is 6.54 Å². The van der Waals surface area contributed by atoms with E-state index < -0.39 is 0 Å². The van der Waals surface area contributed by atoms with Crippen LogP contribution in [0, 0.1) is 0 Å². The van der Waals surface area contributed by atoms with Gasteiger partial charge in [-0.15, -0.1) is 0 Å². The van der Waals surface area contributed by atoms with Gasteiger partial charge in [0.25, 0.3) is 5.91 Å². The molecule has 0 spiro atoms. The van der Waals surface area contributed by atoms with Gasteiger partial charge in [0, 0.05) is 6.54 Å². The predicted molar refractivity (Wildman–Crippen MR) is 48.1 cm³/mol. The lowest BCUT2D eigenvalue weighted by molar-refractivity contribution is 0.0944. The molecule has 0 aliphatic heterocycles. The smallest absolute Gasteiger partial charge is 0.288 e. The molecule has 2 N–H and O–H groups in total. The largest absolute Gasteiger partial charge is 0.349 e. The van der Waals surface area contributed by atoms with Crippen LogP contribution >= 0.6 is 0 Å². The number of hydrogen-bond acceptors (Lipinski definition) is 3. The summed E-state index contributed by atoms with van der Waals surface area (Å²) >= 11 is 0. The zero-order valence-corrected chi connectivity index (χ0v) is 7.45. The molecule has 70 valence electrons. The van der Waals surface area contributed by atoms with Crippen LogP contribution in [0.15, 0.2) is 18.5 Å². The zero-order chi connectivity index (χ0) is 9.52. The zero-order valence-electron chi connectivity index (χ0n) is 7.45. The maximum atomic E-state index is 11.2. The number of nitrogens with one attached hydrogen (secondary N) is 2. The Morgan fingerprint density at radius 3 is 3.23 bits per heavy atom. The molecule has 0 saturated carbocycles. The Kier molecular flexibility index (Phi) is 3.69. The maximum Gasteiger partial charge on any atom is 0.288 e. The van der Waals surface area contributed by atoms with Crippen molar-refractivity contribution in [3.63, 3.8) is 0 Å². The predicted octanol–water partition coefficient (Wildman–Crippen LogP) is 0.501. The van der Waals surface area contributed by atoms with E-state index in [-0.39, 0.29) is 11.7 Å². The van der Waals surface area contributed by atoms with E-state index in [1.165, 1.54) is 6.33 Å². The van der Waals surface area contributed by atoms with E-state index in [4.69, 9.17) is 0 Å². The van der Waals surface area contributed by atoms with Gasteiger partial charge >= 0.3 is 0 Å². The average Bonchev–Trinajstić information content (AvgIpc) is 2.65. The molecule has 0 radical (unpaired) electrons. The van der Waals surface area contributed by atoms with Crippen molar-refractivity contribution < 1.29 is 4.79 Å². The summed E-state index contributed by atoms with van der Waals surface area (Å²) in [5.74, 6) is 0.0301. The molecular formula is C8H12N4O. The van der Waals surface area contributed by atoms with Crippen LogP contribution in [0.3, 0.4) is 0 Å². The fourth-order valence-electron chi connectivity index (χ4n) is 0.834. The second-order valence-electron chi connectivity index (χ2n) is 2.45. The molecule has 0 unspecified atom stereocenters. The Bertz CT molecular complexity index is 278. The summed E-state index contributed by atoms with van der Waals surface area (Å²) in [6.45, 7) is 2.56. The number of amides is 1. The molecule has 1 heterocycles. The number of rotatable bonds is 4. The monoisotopic (exact) mass is 180 g/mol. The lowest BCUT2D eigenvalue weighted by Gasteiger charge is -1.98. The van der Waals surface area contributed by atoms with Crippen molar-refractivity contribution in [2.24, 2.45) is 0 Å². The van der Waals surface area contributed by atoms with Crippen LogP contribution in [0.25, 0.3) is 0 Å². The molecule has 0 atom stereocenters. The molecule has 1 aromatic heterocycles. The van der Waals surface area contributed by atoms with Crippen LogP contribution < -0.4 is 5.32 Å². The van der Waals surface area contributed by atoms with Gasteiger partial charge < -0.3 is 5.32 Å². The fourth-order valence-corrected chi connectivity index (χ4v) is 0.834. The van der Waals surface area contributed by atoms with Gasteiger partial charge in [0.1, 0.15) is 6.33 Å². The van der Waals surface area contributed by atoms with Crippen molar-refractivity contribution in [1.82, 2.24) is 20.5 Å². The number of aromatic nitrogens is 3. The number of H-pyrrole nitrogens is 1. The summed E-state index contributed by atoms with van der Waals surface area (Å²) in [7, 11) is 0. The van der Waals surface area contributed by atoms with E-state index in [0.29, 0.717) is 6.54 Å². The van der Waals surface area contributed by atoms with Gasteiger partial charge in [-0.1, -0.05) is 12.2 Å². The van der Waals surface area contributed by atoms with Gasteiger partial charge in [-0.3, -0.25) is 9.89 Å². The molecule has 1 rings (SSSR count). The van der Waals surface area contributed by atoms with Crippen molar-refractivity contribution in [3.8, 4) is 0 Å².